The number of halogens is 1. The van der Waals surface area contributed by atoms with Crippen LogP contribution in [-0.2, 0) is 6.61 Å². The van der Waals surface area contributed by atoms with E-state index in [1.54, 1.807) is 36.4 Å². The Kier molecular flexibility index (Phi) is 4.40. The molecule has 0 aliphatic rings. The third-order valence-electron chi connectivity index (χ3n) is 3.55. The Bertz CT molecular complexity index is 847. The molecule has 1 nitrogen and oxygen atoms in total. The van der Waals surface area contributed by atoms with Crippen LogP contribution < -0.4 is 4.74 Å². The average molecular weight is 302 g/mol. The number of benzene rings is 3. The molecule has 0 unspecified atom stereocenters. The minimum absolute atomic E-state index is 0.300. The fourth-order valence-electron chi connectivity index (χ4n) is 2.37. The molecule has 3 aromatic rings. The number of hydrogen-bond acceptors (Lipinski definition) is 1. The van der Waals surface area contributed by atoms with E-state index in [4.69, 9.17) is 11.2 Å². The molecular weight excluding hydrogens is 287 g/mol. The van der Waals surface area contributed by atoms with Gasteiger partial charge in [0.1, 0.15) is 18.2 Å². The second kappa shape index (κ2) is 6.81. The lowest BCUT2D eigenvalue weighted by atomic mass is 10.0. The lowest BCUT2D eigenvalue weighted by Gasteiger charge is -2.13. The van der Waals surface area contributed by atoms with Crippen molar-refractivity contribution in [3.8, 4) is 29.2 Å². The van der Waals surface area contributed by atoms with Crippen LogP contribution in [-0.4, -0.2) is 0 Å². The summed E-state index contributed by atoms with van der Waals surface area (Å²) in [6, 6.07) is 21.8. The van der Waals surface area contributed by atoms with Crippen LogP contribution in [0, 0.1) is 18.2 Å². The molecule has 0 aromatic heterocycles. The molecule has 0 saturated heterocycles. The third kappa shape index (κ3) is 3.41. The summed E-state index contributed by atoms with van der Waals surface area (Å²) in [6.07, 6.45) is 5.47. The van der Waals surface area contributed by atoms with E-state index in [-0.39, 0.29) is 5.82 Å². The standard InChI is InChI=1S/C21H15FO/c1-2-16-12-13-21(23-15-17-8-4-3-5-9-17)19(14-16)18-10-6-7-11-20(18)22/h1,3-14H,15H2. The monoisotopic (exact) mass is 302 g/mol. The topological polar surface area (TPSA) is 9.23 Å². The molecule has 2 heteroatoms. The van der Waals surface area contributed by atoms with Crippen molar-refractivity contribution >= 4 is 0 Å². The molecule has 23 heavy (non-hydrogen) atoms. The van der Waals surface area contributed by atoms with Gasteiger partial charge in [-0.1, -0.05) is 54.5 Å². The van der Waals surface area contributed by atoms with Gasteiger partial charge in [0.2, 0.25) is 0 Å². The van der Waals surface area contributed by atoms with Gasteiger partial charge in [-0.2, -0.15) is 0 Å². The Morgan fingerprint density at radius 3 is 2.35 bits per heavy atom. The molecule has 0 amide bonds. The zero-order valence-electron chi connectivity index (χ0n) is 12.5. The van der Waals surface area contributed by atoms with Crippen molar-refractivity contribution in [3.05, 3.63) is 89.7 Å². The van der Waals surface area contributed by atoms with Crippen molar-refractivity contribution in [3.63, 3.8) is 0 Å². The fourth-order valence-corrected chi connectivity index (χ4v) is 2.37. The van der Waals surface area contributed by atoms with Gasteiger partial charge in [-0.05, 0) is 29.8 Å². The third-order valence-corrected chi connectivity index (χ3v) is 3.55. The van der Waals surface area contributed by atoms with Crippen LogP contribution >= 0.6 is 0 Å². The highest BCUT2D eigenvalue weighted by Gasteiger charge is 2.11. The van der Waals surface area contributed by atoms with E-state index in [9.17, 15) is 4.39 Å². The summed E-state index contributed by atoms with van der Waals surface area (Å²) in [6.45, 7) is 0.414. The maximum absolute atomic E-state index is 14.1. The van der Waals surface area contributed by atoms with Crippen LogP contribution in [0.5, 0.6) is 5.75 Å². The first-order valence-electron chi connectivity index (χ1n) is 7.30. The minimum Gasteiger partial charge on any atom is -0.488 e. The van der Waals surface area contributed by atoms with Crippen molar-refractivity contribution in [1.82, 2.24) is 0 Å². The highest BCUT2D eigenvalue weighted by molar-refractivity contribution is 5.72. The molecule has 0 heterocycles. The summed E-state index contributed by atoms with van der Waals surface area (Å²) in [5, 5.41) is 0. The van der Waals surface area contributed by atoms with Crippen LogP contribution in [0.3, 0.4) is 0 Å². The average Bonchev–Trinajstić information content (AvgIpc) is 2.61. The van der Waals surface area contributed by atoms with Crippen molar-refractivity contribution in [2.45, 2.75) is 6.61 Å². The second-order valence-corrected chi connectivity index (χ2v) is 5.11. The number of ether oxygens (including phenoxy) is 1. The molecule has 0 saturated carbocycles. The zero-order chi connectivity index (χ0) is 16.1. The van der Waals surface area contributed by atoms with E-state index in [1.807, 2.05) is 30.3 Å². The fraction of sp³-hybridized carbons (Fsp3) is 0.0476. The Morgan fingerprint density at radius 1 is 0.870 bits per heavy atom. The molecule has 0 atom stereocenters. The molecule has 0 N–H and O–H groups in total. The summed E-state index contributed by atoms with van der Waals surface area (Å²) < 4.78 is 20.0. The summed E-state index contributed by atoms with van der Waals surface area (Å²) in [4.78, 5) is 0. The SMILES string of the molecule is C#Cc1ccc(OCc2ccccc2)c(-c2ccccc2F)c1. The predicted octanol–water partition coefficient (Wildman–Crippen LogP) is 5.05. The summed E-state index contributed by atoms with van der Waals surface area (Å²) in [5.41, 5.74) is 2.88. The van der Waals surface area contributed by atoms with Gasteiger partial charge in [-0.15, -0.1) is 6.42 Å². The van der Waals surface area contributed by atoms with Crippen LogP contribution in [0.2, 0.25) is 0 Å². The van der Waals surface area contributed by atoms with Gasteiger partial charge in [-0.25, -0.2) is 4.39 Å². The van der Waals surface area contributed by atoms with Gasteiger partial charge in [0.15, 0.2) is 0 Å². The lowest BCUT2D eigenvalue weighted by Crippen LogP contribution is -1.98. The first kappa shape index (κ1) is 14.9. The van der Waals surface area contributed by atoms with Gasteiger partial charge < -0.3 is 4.74 Å². The van der Waals surface area contributed by atoms with Crippen LogP contribution in [0.15, 0.2) is 72.8 Å². The Morgan fingerprint density at radius 2 is 1.61 bits per heavy atom. The smallest absolute Gasteiger partial charge is 0.131 e. The number of terminal acetylenes is 1. The Labute approximate surface area is 135 Å². The van der Waals surface area contributed by atoms with Gasteiger partial charge in [0, 0.05) is 16.7 Å². The number of rotatable bonds is 4. The van der Waals surface area contributed by atoms with Crippen molar-refractivity contribution in [1.29, 1.82) is 0 Å². The molecular formula is C21H15FO. The second-order valence-electron chi connectivity index (χ2n) is 5.11. The van der Waals surface area contributed by atoms with Gasteiger partial charge in [0.05, 0.1) is 0 Å². The van der Waals surface area contributed by atoms with Gasteiger partial charge in [0.25, 0.3) is 0 Å². The molecule has 0 radical (unpaired) electrons. The lowest BCUT2D eigenvalue weighted by molar-refractivity contribution is 0.307. The first-order valence-corrected chi connectivity index (χ1v) is 7.30. The van der Waals surface area contributed by atoms with E-state index >= 15 is 0 Å². The van der Waals surface area contributed by atoms with E-state index in [1.165, 1.54) is 6.07 Å². The molecule has 0 fully saturated rings. The van der Waals surface area contributed by atoms with Crippen LogP contribution in [0.4, 0.5) is 4.39 Å². The largest absolute Gasteiger partial charge is 0.488 e. The molecule has 0 aliphatic carbocycles. The molecule has 3 aromatic carbocycles. The maximum Gasteiger partial charge on any atom is 0.131 e. The highest BCUT2D eigenvalue weighted by atomic mass is 19.1. The predicted molar refractivity (Wildman–Crippen MR) is 90.5 cm³/mol. The maximum atomic E-state index is 14.1. The summed E-state index contributed by atoms with van der Waals surface area (Å²) >= 11 is 0. The summed E-state index contributed by atoms with van der Waals surface area (Å²) in [5.74, 6) is 2.89. The van der Waals surface area contributed by atoms with E-state index in [0.29, 0.717) is 29.0 Å². The quantitative estimate of drug-likeness (QED) is 0.613. The number of hydrogen-bond donors (Lipinski definition) is 0. The van der Waals surface area contributed by atoms with Crippen LogP contribution in [0.1, 0.15) is 11.1 Å². The van der Waals surface area contributed by atoms with Crippen LogP contribution in [0.25, 0.3) is 11.1 Å². The van der Waals surface area contributed by atoms with E-state index in [0.717, 1.165) is 5.56 Å². The van der Waals surface area contributed by atoms with Crippen molar-refractivity contribution in [2.24, 2.45) is 0 Å². The Hall–Kier alpha value is -3.05. The normalized spacial score (nSPS) is 10.1. The van der Waals surface area contributed by atoms with E-state index in [2.05, 4.69) is 5.92 Å². The molecule has 0 spiro atoms. The summed E-state index contributed by atoms with van der Waals surface area (Å²) in [7, 11) is 0. The molecule has 0 aliphatic heterocycles. The minimum atomic E-state index is -0.300. The molecule has 0 bridgehead atoms. The van der Waals surface area contributed by atoms with E-state index < -0.39 is 0 Å². The van der Waals surface area contributed by atoms with Crippen molar-refractivity contribution < 1.29 is 9.13 Å². The van der Waals surface area contributed by atoms with Gasteiger partial charge >= 0.3 is 0 Å². The molecule has 112 valence electrons. The Balaban J connectivity index is 1.97. The first-order chi connectivity index (χ1) is 11.3. The molecule has 3 rings (SSSR count). The zero-order valence-corrected chi connectivity index (χ0v) is 12.5. The van der Waals surface area contributed by atoms with Gasteiger partial charge in [-0.3, -0.25) is 0 Å². The van der Waals surface area contributed by atoms with Crippen molar-refractivity contribution in [2.75, 3.05) is 0 Å². The highest BCUT2D eigenvalue weighted by Crippen LogP contribution is 2.33.